The van der Waals surface area contributed by atoms with Crippen molar-refractivity contribution in [3.63, 3.8) is 0 Å². The first-order valence-corrected chi connectivity index (χ1v) is 6.20. The molecule has 1 aromatic heterocycles. The largest absolute Gasteiger partial charge is 0.306 e. The number of aryl methyl sites for hydroxylation is 1. The molecule has 1 unspecified atom stereocenters. The highest BCUT2D eigenvalue weighted by Crippen LogP contribution is 2.14. The van der Waals surface area contributed by atoms with Gasteiger partial charge in [-0.1, -0.05) is 0 Å². The first kappa shape index (κ1) is 10.6. The highest BCUT2D eigenvalue weighted by Gasteiger charge is 2.23. The fourth-order valence-electron chi connectivity index (χ4n) is 1.64. The van der Waals surface area contributed by atoms with Crippen LogP contribution in [0.4, 0.5) is 0 Å². The molecule has 2 rings (SSSR count). The zero-order valence-electron chi connectivity index (χ0n) is 8.69. The van der Waals surface area contributed by atoms with Crippen LogP contribution in [-0.4, -0.2) is 34.9 Å². The van der Waals surface area contributed by atoms with Gasteiger partial charge in [0.15, 0.2) is 5.78 Å². The predicted molar refractivity (Wildman–Crippen MR) is 62.4 cm³/mol. The van der Waals surface area contributed by atoms with Crippen molar-refractivity contribution < 1.29 is 4.79 Å². The molecule has 0 aromatic carbocycles. The van der Waals surface area contributed by atoms with E-state index in [9.17, 15) is 4.79 Å². The van der Waals surface area contributed by atoms with Crippen molar-refractivity contribution in [1.29, 1.82) is 0 Å². The van der Waals surface area contributed by atoms with Crippen molar-refractivity contribution >= 4 is 17.5 Å². The molecule has 0 radical (unpaired) electrons. The topological polar surface area (TPSA) is 42.0 Å². The van der Waals surface area contributed by atoms with E-state index in [1.54, 1.807) is 12.4 Å². The van der Waals surface area contributed by atoms with Gasteiger partial charge in [-0.05, 0) is 18.6 Å². The molecule has 1 N–H and O–H groups in total. The molecule has 0 bridgehead atoms. The molecular formula is C11H14N2OS. The fraction of sp³-hybridized carbons (Fsp3) is 0.455. The molecule has 0 amide bonds. The summed E-state index contributed by atoms with van der Waals surface area (Å²) in [5.41, 5.74) is 1.75. The van der Waals surface area contributed by atoms with Gasteiger partial charge in [-0.15, -0.1) is 0 Å². The summed E-state index contributed by atoms with van der Waals surface area (Å²) in [5, 5.41) is 3.25. The van der Waals surface area contributed by atoms with Crippen molar-refractivity contribution in [2.45, 2.75) is 13.0 Å². The van der Waals surface area contributed by atoms with Gasteiger partial charge in [0.25, 0.3) is 0 Å². The molecule has 0 saturated carbocycles. The summed E-state index contributed by atoms with van der Waals surface area (Å²) in [6.45, 7) is 2.87. The summed E-state index contributed by atoms with van der Waals surface area (Å²) < 4.78 is 0. The first-order valence-electron chi connectivity index (χ1n) is 5.05. The minimum Gasteiger partial charge on any atom is -0.306 e. The third-order valence-electron chi connectivity index (χ3n) is 2.54. The van der Waals surface area contributed by atoms with E-state index in [0.29, 0.717) is 0 Å². The van der Waals surface area contributed by atoms with Gasteiger partial charge in [0, 0.05) is 36.0 Å². The molecule has 1 fully saturated rings. The molecular weight excluding hydrogens is 208 g/mol. The highest BCUT2D eigenvalue weighted by atomic mass is 32.2. The van der Waals surface area contributed by atoms with Gasteiger partial charge in [0.1, 0.15) is 0 Å². The van der Waals surface area contributed by atoms with Crippen LogP contribution in [0.25, 0.3) is 0 Å². The number of Topliss-reactive ketones (excluding diaryl/α,β-unsaturated/α-hetero) is 1. The van der Waals surface area contributed by atoms with Gasteiger partial charge in [-0.3, -0.25) is 9.78 Å². The predicted octanol–water partition coefficient (Wildman–Crippen LogP) is 1.28. The molecule has 3 nitrogen and oxygen atoms in total. The van der Waals surface area contributed by atoms with E-state index in [4.69, 9.17) is 0 Å². The first-order chi connectivity index (χ1) is 7.29. The molecule has 15 heavy (non-hydrogen) atoms. The van der Waals surface area contributed by atoms with Crippen LogP contribution < -0.4 is 5.32 Å². The van der Waals surface area contributed by atoms with E-state index in [-0.39, 0.29) is 11.8 Å². The van der Waals surface area contributed by atoms with Crippen LogP contribution in [-0.2, 0) is 0 Å². The Labute approximate surface area is 93.7 Å². The SMILES string of the molecule is Cc1ccncc1C(=O)C1CSCCN1. The summed E-state index contributed by atoms with van der Waals surface area (Å²) in [6, 6.07) is 1.84. The number of hydrogen-bond donors (Lipinski definition) is 1. The zero-order valence-corrected chi connectivity index (χ0v) is 9.51. The van der Waals surface area contributed by atoms with E-state index >= 15 is 0 Å². The maximum atomic E-state index is 12.1. The van der Waals surface area contributed by atoms with Crippen molar-refractivity contribution in [1.82, 2.24) is 10.3 Å². The van der Waals surface area contributed by atoms with Gasteiger partial charge < -0.3 is 5.32 Å². The van der Waals surface area contributed by atoms with E-state index in [0.717, 1.165) is 29.2 Å². The number of nitrogens with one attached hydrogen (secondary N) is 1. The van der Waals surface area contributed by atoms with E-state index in [2.05, 4.69) is 10.3 Å². The van der Waals surface area contributed by atoms with Crippen LogP contribution >= 0.6 is 11.8 Å². The molecule has 1 atom stereocenters. The van der Waals surface area contributed by atoms with Gasteiger partial charge >= 0.3 is 0 Å². The van der Waals surface area contributed by atoms with Crippen LogP contribution in [0.2, 0.25) is 0 Å². The summed E-state index contributed by atoms with van der Waals surface area (Å²) in [5.74, 6) is 2.14. The number of nitrogens with zero attached hydrogens (tertiary/aromatic N) is 1. The average Bonchev–Trinajstić information content (AvgIpc) is 2.30. The maximum Gasteiger partial charge on any atom is 0.182 e. The van der Waals surface area contributed by atoms with E-state index in [1.807, 2.05) is 24.8 Å². The Morgan fingerprint density at radius 2 is 2.53 bits per heavy atom. The second-order valence-corrected chi connectivity index (χ2v) is 4.79. The number of thioether (sulfide) groups is 1. The third-order valence-corrected chi connectivity index (χ3v) is 3.60. The normalized spacial score (nSPS) is 21.3. The molecule has 1 saturated heterocycles. The summed E-state index contributed by atoms with van der Waals surface area (Å²) >= 11 is 1.83. The lowest BCUT2D eigenvalue weighted by Crippen LogP contribution is -2.43. The van der Waals surface area contributed by atoms with Crippen LogP contribution in [0, 0.1) is 6.92 Å². The lowest BCUT2D eigenvalue weighted by Gasteiger charge is -2.22. The van der Waals surface area contributed by atoms with E-state index < -0.39 is 0 Å². The number of carbonyl (C=O) groups is 1. The number of aromatic nitrogens is 1. The van der Waals surface area contributed by atoms with Crippen LogP contribution in [0.3, 0.4) is 0 Å². The number of hydrogen-bond acceptors (Lipinski definition) is 4. The van der Waals surface area contributed by atoms with Crippen LogP contribution in [0.5, 0.6) is 0 Å². The smallest absolute Gasteiger partial charge is 0.182 e. The molecule has 1 aliphatic rings. The quantitative estimate of drug-likeness (QED) is 0.765. The highest BCUT2D eigenvalue weighted by molar-refractivity contribution is 7.99. The average molecular weight is 222 g/mol. The Bertz CT molecular complexity index is 361. The molecule has 0 spiro atoms. The second-order valence-electron chi connectivity index (χ2n) is 3.64. The zero-order chi connectivity index (χ0) is 10.7. The van der Waals surface area contributed by atoms with Crippen molar-refractivity contribution in [2.75, 3.05) is 18.1 Å². The van der Waals surface area contributed by atoms with Crippen molar-refractivity contribution in [2.24, 2.45) is 0 Å². The number of rotatable bonds is 2. The number of pyridine rings is 1. The molecule has 4 heteroatoms. The summed E-state index contributed by atoms with van der Waals surface area (Å²) in [6.07, 6.45) is 3.38. The van der Waals surface area contributed by atoms with Gasteiger partial charge in [0.2, 0.25) is 0 Å². The fourth-order valence-corrected chi connectivity index (χ4v) is 2.58. The number of ketones is 1. The van der Waals surface area contributed by atoms with Crippen LogP contribution in [0.1, 0.15) is 15.9 Å². The monoisotopic (exact) mass is 222 g/mol. The maximum absolute atomic E-state index is 12.1. The molecule has 2 heterocycles. The lowest BCUT2D eigenvalue weighted by atomic mass is 10.0. The standard InChI is InChI=1S/C11H14N2OS/c1-8-2-3-12-6-9(8)11(14)10-7-15-5-4-13-10/h2-3,6,10,13H,4-5,7H2,1H3. The van der Waals surface area contributed by atoms with Crippen molar-refractivity contribution in [3.05, 3.63) is 29.6 Å². The third kappa shape index (κ3) is 2.38. The van der Waals surface area contributed by atoms with Gasteiger partial charge in [-0.25, -0.2) is 0 Å². The molecule has 1 aromatic rings. The Morgan fingerprint density at radius 1 is 1.67 bits per heavy atom. The lowest BCUT2D eigenvalue weighted by molar-refractivity contribution is 0.0952. The molecule has 0 aliphatic carbocycles. The second kappa shape index (κ2) is 4.77. The summed E-state index contributed by atoms with van der Waals surface area (Å²) in [7, 11) is 0. The minimum absolute atomic E-state index is 0.0355. The van der Waals surface area contributed by atoms with Crippen LogP contribution in [0.15, 0.2) is 18.5 Å². The number of carbonyl (C=O) groups excluding carboxylic acids is 1. The summed E-state index contributed by atoms with van der Waals surface area (Å²) in [4.78, 5) is 16.1. The Kier molecular flexibility index (Phi) is 3.38. The molecule has 1 aliphatic heterocycles. The Hall–Kier alpha value is -0.870. The molecule has 80 valence electrons. The van der Waals surface area contributed by atoms with Gasteiger partial charge in [-0.2, -0.15) is 11.8 Å². The minimum atomic E-state index is -0.0355. The van der Waals surface area contributed by atoms with Crippen molar-refractivity contribution in [3.8, 4) is 0 Å². The Balaban J connectivity index is 2.16. The van der Waals surface area contributed by atoms with E-state index in [1.165, 1.54) is 0 Å². The Morgan fingerprint density at radius 3 is 3.20 bits per heavy atom. The van der Waals surface area contributed by atoms with Gasteiger partial charge in [0.05, 0.1) is 6.04 Å².